The number of hydrogen-bond donors (Lipinski definition) is 2. The Morgan fingerprint density at radius 1 is 1.41 bits per heavy atom. The van der Waals surface area contributed by atoms with E-state index in [0.717, 1.165) is 21.8 Å². The molecule has 8 heteroatoms. The molecule has 0 aliphatic carbocycles. The van der Waals surface area contributed by atoms with E-state index in [2.05, 4.69) is 30.9 Å². The molecular formula is C14H14N6OS. The van der Waals surface area contributed by atoms with Crippen LogP contribution in [0.5, 0.6) is 0 Å². The number of H-pyrrole nitrogens is 1. The number of thiazole rings is 1. The second kappa shape index (κ2) is 6.44. The Bertz CT molecular complexity index is 767. The fourth-order valence-electron chi connectivity index (χ4n) is 2.02. The van der Waals surface area contributed by atoms with Gasteiger partial charge in [-0.3, -0.25) is 4.79 Å². The Hall–Kier alpha value is -2.61. The monoisotopic (exact) mass is 314 g/mol. The van der Waals surface area contributed by atoms with Gasteiger partial charge in [0.25, 0.3) is 0 Å². The Morgan fingerprint density at radius 3 is 3.05 bits per heavy atom. The molecule has 0 aliphatic rings. The van der Waals surface area contributed by atoms with E-state index < -0.39 is 0 Å². The second-order valence-corrected chi connectivity index (χ2v) is 5.81. The number of aromatic nitrogens is 5. The second-order valence-electron chi connectivity index (χ2n) is 4.75. The van der Waals surface area contributed by atoms with Crippen LogP contribution in [0.15, 0.2) is 29.6 Å². The van der Waals surface area contributed by atoms with E-state index in [-0.39, 0.29) is 5.91 Å². The van der Waals surface area contributed by atoms with Gasteiger partial charge in [0.15, 0.2) is 0 Å². The first-order chi connectivity index (χ1) is 10.7. The molecule has 22 heavy (non-hydrogen) atoms. The Balaban J connectivity index is 1.59. The summed E-state index contributed by atoms with van der Waals surface area (Å²) in [5.41, 5.74) is 2.64. The zero-order valence-corrected chi connectivity index (χ0v) is 12.7. The number of tetrazole rings is 1. The maximum atomic E-state index is 11.9. The minimum atomic E-state index is -0.0461. The molecule has 0 fully saturated rings. The highest BCUT2D eigenvalue weighted by atomic mass is 32.1. The van der Waals surface area contributed by atoms with Gasteiger partial charge in [-0.1, -0.05) is 18.2 Å². The number of aromatic amines is 1. The van der Waals surface area contributed by atoms with Gasteiger partial charge in [-0.25, -0.2) is 4.98 Å². The fourth-order valence-corrected chi connectivity index (χ4v) is 2.63. The van der Waals surface area contributed by atoms with Gasteiger partial charge in [0.2, 0.25) is 11.7 Å². The lowest BCUT2D eigenvalue weighted by atomic mass is 10.1. The van der Waals surface area contributed by atoms with Crippen molar-refractivity contribution in [2.45, 2.75) is 19.9 Å². The highest BCUT2D eigenvalue weighted by molar-refractivity contribution is 7.09. The van der Waals surface area contributed by atoms with Gasteiger partial charge in [-0.05, 0) is 23.8 Å². The zero-order valence-electron chi connectivity index (χ0n) is 11.9. The molecule has 2 N–H and O–H groups in total. The van der Waals surface area contributed by atoms with Crippen molar-refractivity contribution in [1.82, 2.24) is 30.9 Å². The molecule has 0 spiro atoms. The summed E-state index contributed by atoms with van der Waals surface area (Å²) < 4.78 is 0. The molecule has 112 valence electrons. The molecular weight excluding hydrogens is 300 g/mol. The minimum Gasteiger partial charge on any atom is -0.352 e. The number of nitrogens with one attached hydrogen (secondary N) is 2. The minimum absolute atomic E-state index is 0.0461. The molecule has 0 saturated carbocycles. The molecule has 0 atom stereocenters. The van der Waals surface area contributed by atoms with Crippen molar-refractivity contribution < 1.29 is 4.79 Å². The van der Waals surface area contributed by atoms with E-state index in [9.17, 15) is 4.79 Å². The van der Waals surface area contributed by atoms with Crippen LogP contribution in [-0.2, 0) is 17.8 Å². The number of hydrogen-bond acceptors (Lipinski definition) is 6. The highest BCUT2D eigenvalue weighted by Gasteiger charge is 2.07. The van der Waals surface area contributed by atoms with Crippen molar-refractivity contribution in [2.75, 3.05) is 0 Å². The first-order valence-electron chi connectivity index (χ1n) is 6.71. The van der Waals surface area contributed by atoms with Crippen molar-refractivity contribution in [3.8, 4) is 11.4 Å². The predicted molar refractivity (Wildman–Crippen MR) is 82.0 cm³/mol. The zero-order chi connectivity index (χ0) is 15.4. The molecule has 0 saturated heterocycles. The summed E-state index contributed by atoms with van der Waals surface area (Å²) >= 11 is 1.55. The van der Waals surface area contributed by atoms with E-state index in [0.29, 0.717) is 18.8 Å². The van der Waals surface area contributed by atoms with Crippen LogP contribution in [0.25, 0.3) is 11.4 Å². The van der Waals surface area contributed by atoms with Crippen molar-refractivity contribution >= 4 is 17.2 Å². The van der Waals surface area contributed by atoms with E-state index in [1.165, 1.54) is 0 Å². The molecule has 0 bridgehead atoms. The van der Waals surface area contributed by atoms with Crippen LogP contribution in [-0.4, -0.2) is 31.5 Å². The average Bonchev–Trinajstić information content (AvgIpc) is 3.17. The summed E-state index contributed by atoms with van der Waals surface area (Å²) in [5.74, 6) is 0.487. The van der Waals surface area contributed by atoms with Gasteiger partial charge in [-0.15, -0.1) is 21.5 Å². The summed E-state index contributed by atoms with van der Waals surface area (Å²) in [7, 11) is 0. The molecule has 7 nitrogen and oxygen atoms in total. The molecule has 0 radical (unpaired) electrons. The van der Waals surface area contributed by atoms with Gasteiger partial charge in [-0.2, -0.15) is 5.21 Å². The number of nitrogens with zero attached hydrogens (tertiary/aromatic N) is 4. The van der Waals surface area contributed by atoms with Gasteiger partial charge < -0.3 is 5.32 Å². The summed E-state index contributed by atoms with van der Waals surface area (Å²) in [4.78, 5) is 16.2. The summed E-state index contributed by atoms with van der Waals surface area (Å²) in [6, 6.07) is 7.67. The summed E-state index contributed by atoms with van der Waals surface area (Å²) in [5, 5.41) is 19.6. The SMILES string of the molecule is Cc1nc(CC(=O)NCc2cccc(-c3nn[nH]n3)c2)cs1. The maximum absolute atomic E-state index is 11.9. The van der Waals surface area contributed by atoms with Crippen LogP contribution in [0.4, 0.5) is 0 Å². The lowest BCUT2D eigenvalue weighted by molar-refractivity contribution is -0.120. The molecule has 0 aliphatic heterocycles. The smallest absolute Gasteiger partial charge is 0.226 e. The molecule has 0 unspecified atom stereocenters. The number of aryl methyl sites for hydroxylation is 1. The quantitative estimate of drug-likeness (QED) is 0.744. The van der Waals surface area contributed by atoms with Crippen molar-refractivity contribution in [1.29, 1.82) is 0 Å². The van der Waals surface area contributed by atoms with Crippen LogP contribution in [0, 0.1) is 6.92 Å². The third-order valence-electron chi connectivity index (χ3n) is 3.03. The van der Waals surface area contributed by atoms with E-state index in [4.69, 9.17) is 0 Å². The molecule has 1 amide bonds. The van der Waals surface area contributed by atoms with E-state index >= 15 is 0 Å². The van der Waals surface area contributed by atoms with Crippen LogP contribution in [0.3, 0.4) is 0 Å². The molecule has 2 heterocycles. The number of carbonyl (C=O) groups is 1. The maximum Gasteiger partial charge on any atom is 0.226 e. The highest BCUT2D eigenvalue weighted by Crippen LogP contribution is 2.15. The van der Waals surface area contributed by atoms with Crippen LogP contribution >= 0.6 is 11.3 Å². The number of carbonyl (C=O) groups excluding carboxylic acids is 1. The van der Waals surface area contributed by atoms with Crippen molar-refractivity contribution in [3.05, 3.63) is 45.9 Å². The lowest BCUT2D eigenvalue weighted by Crippen LogP contribution is -2.24. The van der Waals surface area contributed by atoms with Crippen LogP contribution in [0.1, 0.15) is 16.3 Å². The standard InChI is InChI=1S/C14H14N6OS/c1-9-16-12(8-22-9)6-13(21)15-7-10-3-2-4-11(5-10)14-17-19-20-18-14/h2-5,8H,6-7H2,1H3,(H,15,21)(H,17,18,19,20). The molecule has 1 aromatic carbocycles. The largest absolute Gasteiger partial charge is 0.352 e. The van der Waals surface area contributed by atoms with E-state index in [1.807, 2.05) is 36.6 Å². The van der Waals surface area contributed by atoms with E-state index in [1.54, 1.807) is 11.3 Å². The fraction of sp³-hybridized carbons (Fsp3) is 0.214. The summed E-state index contributed by atoms with van der Waals surface area (Å²) in [6.45, 7) is 2.38. The van der Waals surface area contributed by atoms with Gasteiger partial charge >= 0.3 is 0 Å². The number of amides is 1. The first-order valence-corrected chi connectivity index (χ1v) is 7.59. The van der Waals surface area contributed by atoms with Crippen LogP contribution in [0.2, 0.25) is 0 Å². The Labute approximate surface area is 130 Å². The normalized spacial score (nSPS) is 10.6. The molecule has 2 aromatic heterocycles. The predicted octanol–water partition coefficient (Wildman–Crippen LogP) is 1.49. The van der Waals surface area contributed by atoms with Gasteiger partial charge in [0.1, 0.15) is 0 Å². The third kappa shape index (κ3) is 3.53. The van der Waals surface area contributed by atoms with Gasteiger partial charge in [0, 0.05) is 17.5 Å². The molecule has 3 rings (SSSR count). The van der Waals surface area contributed by atoms with Crippen molar-refractivity contribution in [2.24, 2.45) is 0 Å². The topological polar surface area (TPSA) is 96.5 Å². The summed E-state index contributed by atoms with van der Waals surface area (Å²) in [6.07, 6.45) is 0.300. The first kappa shape index (κ1) is 14.3. The average molecular weight is 314 g/mol. The van der Waals surface area contributed by atoms with Gasteiger partial charge in [0.05, 0.1) is 17.1 Å². The van der Waals surface area contributed by atoms with Crippen molar-refractivity contribution in [3.63, 3.8) is 0 Å². The number of benzene rings is 1. The Kier molecular flexibility index (Phi) is 4.19. The lowest BCUT2D eigenvalue weighted by Gasteiger charge is -2.05. The molecule has 3 aromatic rings. The third-order valence-corrected chi connectivity index (χ3v) is 3.85. The van der Waals surface area contributed by atoms with Crippen LogP contribution < -0.4 is 5.32 Å². The Morgan fingerprint density at radius 2 is 2.32 bits per heavy atom. The number of rotatable bonds is 5.